The minimum atomic E-state index is -0.227. The summed E-state index contributed by atoms with van der Waals surface area (Å²) in [6.07, 6.45) is 5.10. The van der Waals surface area contributed by atoms with Crippen LogP contribution in [0.2, 0.25) is 0 Å². The van der Waals surface area contributed by atoms with Crippen LogP contribution < -0.4 is 5.32 Å². The Morgan fingerprint density at radius 2 is 2.13 bits per heavy atom. The molecule has 2 atom stereocenters. The van der Waals surface area contributed by atoms with Crippen molar-refractivity contribution in [1.29, 1.82) is 0 Å². The molecule has 122 valence electrons. The second-order valence-corrected chi connectivity index (χ2v) is 6.06. The van der Waals surface area contributed by atoms with Crippen molar-refractivity contribution in [3.8, 4) is 0 Å². The first-order chi connectivity index (χ1) is 11.1. The van der Waals surface area contributed by atoms with Crippen LogP contribution in [0.5, 0.6) is 0 Å². The maximum atomic E-state index is 12.4. The van der Waals surface area contributed by atoms with E-state index in [1.807, 2.05) is 26.0 Å². The molecule has 6 nitrogen and oxygen atoms in total. The zero-order valence-corrected chi connectivity index (χ0v) is 13.4. The van der Waals surface area contributed by atoms with Crippen LogP contribution in [0.15, 0.2) is 35.1 Å². The average molecular weight is 315 g/mol. The standard InChI is InChI=1S/C17H21N3O3/c1-11(2)15-10-14(20-23-15)17(21)19-13-4-3-9-22-16(13)12-5-7-18-8-6-12/h5-8,10-11,13,16H,3-4,9H2,1-2H3,(H,19,21)/t13-,16+/m0/s1. The summed E-state index contributed by atoms with van der Waals surface area (Å²) in [5.74, 6) is 0.683. The van der Waals surface area contributed by atoms with E-state index in [-0.39, 0.29) is 24.0 Å². The highest BCUT2D eigenvalue weighted by molar-refractivity contribution is 5.92. The van der Waals surface area contributed by atoms with Crippen LogP contribution >= 0.6 is 0 Å². The topological polar surface area (TPSA) is 77.2 Å². The van der Waals surface area contributed by atoms with E-state index < -0.39 is 0 Å². The third-order valence-corrected chi connectivity index (χ3v) is 4.00. The normalized spacial score (nSPS) is 21.3. The Bertz CT molecular complexity index is 654. The summed E-state index contributed by atoms with van der Waals surface area (Å²) < 4.78 is 11.1. The zero-order chi connectivity index (χ0) is 16.2. The number of carbonyl (C=O) groups is 1. The summed E-state index contributed by atoms with van der Waals surface area (Å²) >= 11 is 0. The Hall–Kier alpha value is -2.21. The molecule has 2 aromatic rings. The number of ether oxygens (including phenoxy) is 1. The van der Waals surface area contributed by atoms with E-state index in [0.717, 1.165) is 18.4 Å². The third kappa shape index (κ3) is 3.59. The fourth-order valence-corrected chi connectivity index (χ4v) is 2.72. The number of aromatic nitrogens is 2. The van der Waals surface area contributed by atoms with Gasteiger partial charge in [-0.2, -0.15) is 0 Å². The van der Waals surface area contributed by atoms with Gasteiger partial charge in [0.15, 0.2) is 5.69 Å². The van der Waals surface area contributed by atoms with Crippen molar-refractivity contribution in [2.24, 2.45) is 0 Å². The molecule has 1 N–H and O–H groups in total. The van der Waals surface area contributed by atoms with E-state index in [4.69, 9.17) is 9.26 Å². The minimum Gasteiger partial charge on any atom is -0.371 e. The van der Waals surface area contributed by atoms with Gasteiger partial charge >= 0.3 is 0 Å². The molecule has 0 aliphatic carbocycles. The first-order valence-electron chi connectivity index (χ1n) is 7.94. The van der Waals surface area contributed by atoms with E-state index in [0.29, 0.717) is 18.1 Å². The van der Waals surface area contributed by atoms with Gasteiger partial charge in [0.05, 0.1) is 6.04 Å². The Morgan fingerprint density at radius 1 is 1.35 bits per heavy atom. The van der Waals surface area contributed by atoms with Gasteiger partial charge in [-0.1, -0.05) is 19.0 Å². The van der Waals surface area contributed by atoms with Gasteiger partial charge in [0.25, 0.3) is 5.91 Å². The van der Waals surface area contributed by atoms with Crippen molar-refractivity contribution in [1.82, 2.24) is 15.5 Å². The number of hydrogen-bond donors (Lipinski definition) is 1. The molecule has 23 heavy (non-hydrogen) atoms. The highest BCUT2D eigenvalue weighted by atomic mass is 16.5. The molecule has 1 aliphatic heterocycles. The van der Waals surface area contributed by atoms with Crippen LogP contribution in [0.25, 0.3) is 0 Å². The lowest BCUT2D eigenvalue weighted by Crippen LogP contribution is -2.42. The summed E-state index contributed by atoms with van der Waals surface area (Å²) in [6, 6.07) is 5.45. The molecule has 3 heterocycles. The van der Waals surface area contributed by atoms with Crippen molar-refractivity contribution in [2.45, 2.75) is 44.8 Å². The van der Waals surface area contributed by atoms with Gasteiger partial charge in [-0.3, -0.25) is 9.78 Å². The second kappa shape index (κ2) is 6.91. The summed E-state index contributed by atoms with van der Waals surface area (Å²) in [4.78, 5) is 16.5. The number of amides is 1. The first kappa shape index (κ1) is 15.7. The molecule has 0 spiro atoms. The molecule has 0 bridgehead atoms. The highest BCUT2D eigenvalue weighted by Gasteiger charge is 2.29. The van der Waals surface area contributed by atoms with Crippen LogP contribution in [0.4, 0.5) is 0 Å². The summed E-state index contributed by atoms with van der Waals surface area (Å²) in [7, 11) is 0. The number of nitrogens with zero attached hydrogens (tertiary/aromatic N) is 2. The highest BCUT2D eigenvalue weighted by Crippen LogP contribution is 2.28. The van der Waals surface area contributed by atoms with E-state index in [9.17, 15) is 4.79 Å². The molecule has 1 fully saturated rings. The zero-order valence-electron chi connectivity index (χ0n) is 13.4. The Balaban J connectivity index is 1.72. The molecule has 0 saturated carbocycles. The molecule has 1 amide bonds. The summed E-state index contributed by atoms with van der Waals surface area (Å²) in [5, 5.41) is 6.89. The molecule has 6 heteroatoms. The van der Waals surface area contributed by atoms with Gasteiger partial charge in [-0.25, -0.2) is 0 Å². The van der Waals surface area contributed by atoms with E-state index in [1.165, 1.54) is 0 Å². The fourth-order valence-electron chi connectivity index (χ4n) is 2.72. The minimum absolute atomic E-state index is 0.0853. The van der Waals surface area contributed by atoms with Gasteiger partial charge in [-0.15, -0.1) is 0 Å². The molecule has 1 aliphatic rings. The van der Waals surface area contributed by atoms with Gasteiger partial charge < -0.3 is 14.6 Å². The Kier molecular flexibility index (Phi) is 4.71. The molecule has 3 rings (SSSR count). The largest absolute Gasteiger partial charge is 0.371 e. The number of hydrogen-bond acceptors (Lipinski definition) is 5. The SMILES string of the molecule is CC(C)c1cc(C(=O)N[C@H]2CCCO[C@@H]2c2ccncc2)no1. The Labute approximate surface area is 135 Å². The lowest BCUT2D eigenvalue weighted by atomic mass is 9.96. The molecular weight excluding hydrogens is 294 g/mol. The lowest BCUT2D eigenvalue weighted by Gasteiger charge is -2.32. The van der Waals surface area contributed by atoms with Crippen molar-refractivity contribution >= 4 is 5.91 Å². The van der Waals surface area contributed by atoms with Crippen LogP contribution in [-0.2, 0) is 4.74 Å². The number of pyridine rings is 1. The van der Waals surface area contributed by atoms with Crippen LogP contribution in [0.1, 0.15) is 60.5 Å². The van der Waals surface area contributed by atoms with Gasteiger partial charge in [-0.05, 0) is 30.5 Å². The predicted molar refractivity (Wildman–Crippen MR) is 84.0 cm³/mol. The van der Waals surface area contributed by atoms with Crippen molar-refractivity contribution in [2.75, 3.05) is 6.61 Å². The van der Waals surface area contributed by atoms with Crippen molar-refractivity contribution in [3.63, 3.8) is 0 Å². The maximum absolute atomic E-state index is 12.4. The molecule has 2 aromatic heterocycles. The number of rotatable bonds is 4. The van der Waals surface area contributed by atoms with E-state index in [1.54, 1.807) is 18.5 Å². The van der Waals surface area contributed by atoms with Crippen LogP contribution in [-0.4, -0.2) is 28.7 Å². The second-order valence-electron chi connectivity index (χ2n) is 6.06. The quantitative estimate of drug-likeness (QED) is 0.938. The number of carbonyl (C=O) groups excluding carboxylic acids is 1. The molecule has 1 saturated heterocycles. The molecule has 0 aromatic carbocycles. The summed E-state index contributed by atoms with van der Waals surface area (Å²) in [6.45, 7) is 4.69. The molecule has 0 unspecified atom stereocenters. The smallest absolute Gasteiger partial charge is 0.273 e. The average Bonchev–Trinajstić information content (AvgIpc) is 3.07. The van der Waals surface area contributed by atoms with E-state index in [2.05, 4.69) is 15.5 Å². The third-order valence-electron chi connectivity index (χ3n) is 4.00. The van der Waals surface area contributed by atoms with E-state index >= 15 is 0 Å². The maximum Gasteiger partial charge on any atom is 0.273 e. The van der Waals surface area contributed by atoms with Gasteiger partial charge in [0.2, 0.25) is 0 Å². The first-order valence-corrected chi connectivity index (χ1v) is 7.94. The number of nitrogens with one attached hydrogen (secondary N) is 1. The molecular formula is C17H21N3O3. The van der Waals surface area contributed by atoms with Gasteiger partial charge in [0.1, 0.15) is 11.9 Å². The Morgan fingerprint density at radius 3 is 2.83 bits per heavy atom. The van der Waals surface area contributed by atoms with Crippen molar-refractivity contribution in [3.05, 3.63) is 47.6 Å². The van der Waals surface area contributed by atoms with Crippen LogP contribution in [0, 0.1) is 0 Å². The van der Waals surface area contributed by atoms with Crippen LogP contribution in [0.3, 0.4) is 0 Å². The summed E-state index contributed by atoms with van der Waals surface area (Å²) in [5.41, 5.74) is 1.33. The van der Waals surface area contributed by atoms with Gasteiger partial charge in [0, 0.05) is 31.0 Å². The molecule has 0 radical (unpaired) electrons. The van der Waals surface area contributed by atoms with Crippen molar-refractivity contribution < 1.29 is 14.1 Å². The monoisotopic (exact) mass is 315 g/mol. The lowest BCUT2D eigenvalue weighted by molar-refractivity contribution is -0.00958. The fraction of sp³-hybridized carbons (Fsp3) is 0.471. The predicted octanol–water partition coefficient (Wildman–Crippen LogP) is 2.84.